The van der Waals surface area contributed by atoms with Gasteiger partial charge in [-0.25, -0.2) is 0 Å². The van der Waals surface area contributed by atoms with Gasteiger partial charge in [-0.2, -0.15) is 0 Å². The van der Waals surface area contributed by atoms with Crippen LogP contribution in [0.2, 0.25) is 0 Å². The number of hydrogen-bond donors (Lipinski definition) is 1. The Balaban J connectivity index is 1.76. The highest BCUT2D eigenvalue weighted by Gasteiger charge is 2.27. The van der Waals surface area contributed by atoms with Gasteiger partial charge in [0.2, 0.25) is 5.91 Å². The molecule has 1 saturated carbocycles. The minimum atomic E-state index is -0.185. The predicted octanol–water partition coefficient (Wildman–Crippen LogP) is 0.930. The number of nitrogens with zero attached hydrogens (tertiary/aromatic N) is 1. The third-order valence-corrected chi connectivity index (χ3v) is 4.01. The first-order valence-electron chi connectivity index (χ1n) is 7.26. The summed E-state index contributed by atoms with van der Waals surface area (Å²) in [5.41, 5.74) is 0. The number of carbonyl (C=O) groups is 2. The molecule has 0 aromatic carbocycles. The molecule has 5 heteroatoms. The summed E-state index contributed by atoms with van der Waals surface area (Å²) in [6.45, 7) is 2.13. The summed E-state index contributed by atoms with van der Waals surface area (Å²) in [5.74, 6) is 0.607. The highest BCUT2D eigenvalue weighted by molar-refractivity contribution is 5.78. The van der Waals surface area contributed by atoms with Gasteiger partial charge >= 0.3 is 5.97 Å². The van der Waals surface area contributed by atoms with Gasteiger partial charge in [0.25, 0.3) is 0 Å². The molecule has 2 fully saturated rings. The summed E-state index contributed by atoms with van der Waals surface area (Å²) >= 11 is 0. The van der Waals surface area contributed by atoms with Gasteiger partial charge in [-0.3, -0.25) is 14.5 Å². The molecule has 1 N–H and O–H groups in total. The van der Waals surface area contributed by atoms with Crippen molar-refractivity contribution in [2.75, 3.05) is 26.7 Å². The molecule has 2 rings (SSSR count). The Hall–Kier alpha value is -1.10. The summed E-state index contributed by atoms with van der Waals surface area (Å²) in [6.07, 6.45) is 6.09. The second-order valence-corrected chi connectivity index (χ2v) is 5.65. The van der Waals surface area contributed by atoms with Crippen LogP contribution >= 0.6 is 0 Å². The quantitative estimate of drug-likeness (QED) is 0.728. The average Bonchev–Trinajstić information content (AvgIpc) is 3.22. The van der Waals surface area contributed by atoms with Crippen LogP contribution in [-0.4, -0.2) is 49.6 Å². The van der Waals surface area contributed by atoms with E-state index in [9.17, 15) is 9.59 Å². The number of amides is 1. The summed E-state index contributed by atoms with van der Waals surface area (Å²) in [7, 11) is 1.41. The van der Waals surface area contributed by atoms with E-state index in [-0.39, 0.29) is 17.9 Å². The highest BCUT2D eigenvalue weighted by atomic mass is 16.5. The lowest BCUT2D eigenvalue weighted by atomic mass is 9.99. The molecule has 0 bridgehead atoms. The van der Waals surface area contributed by atoms with Crippen molar-refractivity contribution in [1.82, 2.24) is 10.2 Å². The van der Waals surface area contributed by atoms with Crippen molar-refractivity contribution in [3.63, 3.8) is 0 Å². The van der Waals surface area contributed by atoms with Crippen molar-refractivity contribution in [2.24, 2.45) is 5.92 Å². The van der Waals surface area contributed by atoms with Crippen LogP contribution in [0.5, 0.6) is 0 Å². The molecule has 0 radical (unpaired) electrons. The van der Waals surface area contributed by atoms with Crippen LogP contribution in [0.4, 0.5) is 0 Å². The molecule has 108 valence electrons. The SMILES string of the molecule is COC(=O)CC1CCCCN1CC(=O)NCC1CC1. The van der Waals surface area contributed by atoms with Gasteiger partial charge < -0.3 is 10.1 Å². The van der Waals surface area contributed by atoms with Gasteiger partial charge in [-0.15, -0.1) is 0 Å². The summed E-state index contributed by atoms with van der Waals surface area (Å²) in [5, 5.41) is 2.98. The first kappa shape index (κ1) is 14.3. The van der Waals surface area contributed by atoms with Crippen molar-refractivity contribution in [3.8, 4) is 0 Å². The Morgan fingerprint density at radius 1 is 1.26 bits per heavy atom. The fraction of sp³-hybridized carbons (Fsp3) is 0.857. The molecule has 1 atom stereocenters. The standard InChI is InChI=1S/C14H24N2O3/c1-19-14(18)8-12-4-2-3-7-16(12)10-13(17)15-9-11-5-6-11/h11-12H,2-10H2,1H3,(H,15,17). The van der Waals surface area contributed by atoms with E-state index in [0.717, 1.165) is 32.4 Å². The third kappa shape index (κ3) is 4.82. The van der Waals surface area contributed by atoms with Gasteiger partial charge in [-0.05, 0) is 38.1 Å². The number of hydrogen-bond acceptors (Lipinski definition) is 4. The van der Waals surface area contributed by atoms with Crippen LogP contribution in [0.1, 0.15) is 38.5 Å². The van der Waals surface area contributed by atoms with Crippen LogP contribution in [0.25, 0.3) is 0 Å². The maximum absolute atomic E-state index is 11.9. The molecule has 1 saturated heterocycles. The highest BCUT2D eigenvalue weighted by Crippen LogP contribution is 2.27. The molecule has 1 amide bonds. The average molecular weight is 268 g/mol. The van der Waals surface area contributed by atoms with Gasteiger partial charge in [-0.1, -0.05) is 6.42 Å². The van der Waals surface area contributed by atoms with Crippen LogP contribution in [0.15, 0.2) is 0 Å². The topological polar surface area (TPSA) is 58.6 Å². The Morgan fingerprint density at radius 3 is 2.74 bits per heavy atom. The van der Waals surface area contributed by atoms with Crippen molar-refractivity contribution in [3.05, 3.63) is 0 Å². The lowest BCUT2D eigenvalue weighted by Crippen LogP contribution is -2.46. The molecule has 0 aromatic heterocycles. The third-order valence-electron chi connectivity index (χ3n) is 4.01. The zero-order valence-corrected chi connectivity index (χ0v) is 11.7. The number of methoxy groups -OCH3 is 1. The molecule has 1 unspecified atom stereocenters. The molecule has 5 nitrogen and oxygen atoms in total. The fourth-order valence-corrected chi connectivity index (χ4v) is 2.60. The van der Waals surface area contributed by atoms with Crippen LogP contribution in [-0.2, 0) is 14.3 Å². The molecular formula is C14H24N2O3. The Morgan fingerprint density at radius 2 is 2.05 bits per heavy atom. The minimum Gasteiger partial charge on any atom is -0.469 e. The van der Waals surface area contributed by atoms with E-state index in [1.807, 2.05) is 0 Å². The number of piperidine rings is 1. The maximum Gasteiger partial charge on any atom is 0.307 e. The van der Waals surface area contributed by atoms with Crippen LogP contribution < -0.4 is 5.32 Å². The summed E-state index contributed by atoms with van der Waals surface area (Å²) in [6, 6.07) is 0.160. The van der Waals surface area contributed by atoms with E-state index in [0.29, 0.717) is 18.9 Å². The molecular weight excluding hydrogens is 244 g/mol. The van der Waals surface area contributed by atoms with Crippen LogP contribution in [0.3, 0.4) is 0 Å². The van der Waals surface area contributed by atoms with E-state index < -0.39 is 0 Å². The first-order valence-corrected chi connectivity index (χ1v) is 7.26. The van der Waals surface area contributed by atoms with Gasteiger partial charge in [0, 0.05) is 12.6 Å². The Kier molecular flexibility index (Phi) is 5.19. The normalized spacial score (nSPS) is 23.9. The van der Waals surface area contributed by atoms with Crippen molar-refractivity contribution < 1.29 is 14.3 Å². The van der Waals surface area contributed by atoms with Crippen molar-refractivity contribution >= 4 is 11.9 Å². The lowest BCUT2D eigenvalue weighted by Gasteiger charge is -2.34. The first-order chi connectivity index (χ1) is 9.19. The second kappa shape index (κ2) is 6.89. The Labute approximate surface area is 114 Å². The molecule has 0 spiro atoms. The number of esters is 1. The van der Waals surface area contributed by atoms with Crippen molar-refractivity contribution in [2.45, 2.75) is 44.6 Å². The van der Waals surface area contributed by atoms with E-state index in [2.05, 4.69) is 10.2 Å². The van der Waals surface area contributed by atoms with E-state index >= 15 is 0 Å². The zero-order valence-electron chi connectivity index (χ0n) is 11.7. The van der Waals surface area contributed by atoms with Crippen LogP contribution in [0, 0.1) is 5.92 Å². The van der Waals surface area contributed by atoms with Gasteiger partial charge in [0.1, 0.15) is 0 Å². The van der Waals surface area contributed by atoms with Crippen molar-refractivity contribution in [1.29, 1.82) is 0 Å². The zero-order chi connectivity index (χ0) is 13.7. The predicted molar refractivity (Wildman–Crippen MR) is 71.6 cm³/mol. The summed E-state index contributed by atoms with van der Waals surface area (Å²) < 4.78 is 4.73. The monoisotopic (exact) mass is 268 g/mol. The van der Waals surface area contributed by atoms with Gasteiger partial charge in [0.05, 0.1) is 20.1 Å². The smallest absolute Gasteiger partial charge is 0.307 e. The summed E-state index contributed by atoms with van der Waals surface area (Å²) in [4.78, 5) is 25.4. The maximum atomic E-state index is 11.9. The number of likely N-dealkylation sites (tertiary alicyclic amines) is 1. The molecule has 0 aromatic rings. The second-order valence-electron chi connectivity index (χ2n) is 5.65. The number of carbonyl (C=O) groups excluding carboxylic acids is 2. The largest absolute Gasteiger partial charge is 0.469 e. The fourth-order valence-electron chi connectivity index (χ4n) is 2.60. The molecule has 1 aliphatic carbocycles. The molecule has 1 aliphatic heterocycles. The molecule has 19 heavy (non-hydrogen) atoms. The number of rotatable bonds is 6. The minimum absolute atomic E-state index is 0.0867. The molecule has 2 aliphatic rings. The van der Waals surface area contributed by atoms with Gasteiger partial charge in [0.15, 0.2) is 0 Å². The number of nitrogens with one attached hydrogen (secondary N) is 1. The molecule has 1 heterocycles. The number of ether oxygens (including phenoxy) is 1. The Bertz CT molecular complexity index is 329. The lowest BCUT2D eigenvalue weighted by molar-refractivity contribution is -0.143. The van der Waals surface area contributed by atoms with E-state index in [1.54, 1.807) is 0 Å². The van der Waals surface area contributed by atoms with E-state index in [4.69, 9.17) is 4.74 Å². The van der Waals surface area contributed by atoms with E-state index in [1.165, 1.54) is 20.0 Å².